The van der Waals surface area contributed by atoms with E-state index in [2.05, 4.69) is 10.00 Å². The Labute approximate surface area is 250 Å². The number of carboxylic acids is 2. The van der Waals surface area contributed by atoms with Crippen molar-refractivity contribution in [2.75, 3.05) is 13.1 Å². The third-order valence-corrected chi connectivity index (χ3v) is 10.5. The Morgan fingerprint density at radius 1 is 1.02 bits per heavy atom. The number of aliphatic carboxylic acids is 2. The summed E-state index contributed by atoms with van der Waals surface area (Å²) in [7, 11) is 0. The molecule has 234 valence electrons. The first-order valence-corrected chi connectivity index (χ1v) is 15.0. The lowest BCUT2D eigenvalue weighted by Crippen LogP contribution is -2.76. The third kappa shape index (κ3) is 4.03. The highest BCUT2D eigenvalue weighted by Gasteiger charge is 2.73. The van der Waals surface area contributed by atoms with Gasteiger partial charge >= 0.3 is 11.9 Å². The van der Waals surface area contributed by atoms with Crippen LogP contribution < -0.4 is 10.3 Å². The van der Waals surface area contributed by atoms with Gasteiger partial charge in [-0.25, -0.2) is 14.3 Å². The summed E-state index contributed by atoms with van der Waals surface area (Å²) in [6.07, 6.45) is 0.442. The number of ether oxygens (including phenoxy) is 1. The zero-order valence-corrected chi connectivity index (χ0v) is 23.8. The molecule has 3 heterocycles. The van der Waals surface area contributed by atoms with E-state index in [9.17, 15) is 24.6 Å². The number of phenolic OH excluding ortho intramolecular Hbond substituents is 1. The van der Waals surface area contributed by atoms with E-state index in [-0.39, 0.29) is 23.4 Å². The molecule has 13 nitrogen and oxygen atoms in total. The molecule has 3 aromatic rings. The number of aliphatic hydroxyl groups is 3. The predicted molar refractivity (Wildman–Crippen MR) is 154 cm³/mol. The Hall–Kier alpha value is -3.91. The molecular weight excluding hydrogens is 574 g/mol. The largest absolute Gasteiger partial charge is 0.504 e. The van der Waals surface area contributed by atoms with E-state index in [1.54, 1.807) is 10.7 Å². The predicted octanol–water partition coefficient (Wildman–Crippen LogP) is 0.718. The highest BCUT2D eigenvalue weighted by Crippen LogP contribution is 2.67. The van der Waals surface area contributed by atoms with Gasteiger partial charge in [0, 0.05) is 18.2 Å². The van der Waals surface area contributed by atoms with Crippen LogP contribution in [0.4, 0.5) is 0 Å². The maximum atomic E-state index is 13.4. The van der Waals surface area contributed by atoms with Crippen molar-refractivity contribution >= 4 is 22.8 Å². The zero-order valence-electron chi connectivity index (χ0n) is 23.8. The smallest absolute Gasteiger partial charge is 0.335 e. The summed E-state index contributed by atoms with van der Waals surface area (Å²) in [5.74, 6) is -2.13. The van der Waals surface area contributed by atoms with Crippen LogP contribution in [-0.2, 0) is 21.4 Å². The van der Waals surface area contributed by atoms with E-state index >= 15 is 0 Å². The number of aromatic amines is 1. The Morgan fingerprint density at radius 3 is 2.39 bits per heavy atom. The van der Waals surface area contributed by atoms with Crippen LogP contribution in [0.1, 0.15) is 49.3 Å². The molecule has 3 unspecified atom stereocenters. The van der Waals surface area contributed by atoms with Crippen molar-refractivity contribution in [3.05, 3.63) is 57.9 Å². The van der Waals surface area contributed by atoms with Gasteiger partial charge in [0.15, 0.2) is 23.7 Å². The van der Waals surface area contributed by atoms with E-state index in [0.29, 0.717) is 24.0 Å². The van der Waals surface area contributed by atoms with Gasteiger partial charge in [-0.3, -0.25) is 14.8 Å². The van der Waals surface area contributed by atoms with Crippen LogP contribution in [-0.4, -0.2) is 100 Å². The number of hydrogen-bond acceptors (Lipinski definition) is 9. The summed E-state index contributed by atoms with van der Waals surface area (Å²) in [4.78, 5) is 35.5. The Morgan fingerprint density at radius 2 is 1.73 bits per heavy atom. The first-order chi connectivity index (χ1) is 21.0. The molecule has 44 heavy (non-hydrogen) atoms. The fourth-order valence-corrected chi connectivity index (χ4v) is 8.30. The molecule has 13 heteroatoms. The van der Waals surface area contributed by atoms with Crippen molar-refractivity contribution < 1.29 is 45.0 Å². The number of carboxylic acid groups (broad SMARTS) is 2. The Balaban J connectivity index is 0.000000273. The normalized spacial score (nSPS) is 31.3. The molecule has 2 saturated carbocycles. The minimum absolute atomic E-state index is 0.0383. The fraction of sp³-hybridized carbons (Fsp3) is 0.516. The second kappa shape index (κ2) is 10.1. The van der Waals surface area contributed by atoms with Crippen LogP contribution >= 0.6 is 0 Å². The van der Waals surface area contributed by atoms with E-state index in [0.717, 1.165) is 42.9 Å². The van der Waals surface area contributed by atoms with E-state index in [1.807, 2.05) is 30.3 Å². The highest BCUT2D eigenvalue weighted by molar-refractivity contribution is 5.83. The number of benzene rings is 2. The molecule has 0 radical (unpaired) electrons. The zero-order chi connectivity index (χ0) is 31.1. The van der Waals surface area contributed by atoms with Gasteiger partial charge in [0.25, 0.3) is 5.56 Å². The maximum Gasteiger partial charge on any atom is 0.335 e. The van der Waals surface area contributed by atoms with Crippen molar-refractivity contribution in [2.45, 2.75) is 79.9 Å². The topological polar surface area (TPSA) is 206 Å². The molecule has 8 rings (SSSR count). The third-order valence-electron chi connectivity index (χ3n) is 10.5. The standard InChI is InChI=1S/C27H29N3O4.C4H6O6/c31-20-8-7-16-13-21-27(33)10-9-19(30-25(32)17-3-1-2-4-18(17)28-30)24-26(27,22(16)23(20)34-24)11-12-29(21)14-15-5-6-15;5-1(3(7)8)2(6)4(9)10/h1-4,7-8,15,19,21,24,28,31,33H,5-6,9-14H2;1-2,5-6H,(H,7,8)(H,9,10)/t19-,21-,24+,26+,27?;/m1./s1. The lowest BCUT2D eigenvalue weighted by atomic mass is 9.48. The number of aliphatic hydroxyl groups excluding tert-OH is 2. The monoisotopic (exact) mass is 609 g/mol. The van der Waals surface area contributed by atoms with E-state index in [4.69, 9.17) is 25.2 Å². The number of aromatic hydroxyl groups is 1. The van der Waals surface area contributed by atoms with Crippen molar-refractivity contribution in [1.82, 2.24) is 14.7 Å². The number of H-pyrrole nitrogens is 1. The molecule has 1 aromatic heterocycles. The van der Waals surface area contributed by atoms with Crippen LogP contribution in [0.5, 0.6) is 11.5 Å². The summed E-state index contributed by atoms with van der Waals surface area (Å²) < 4.78 is 8.34. The maximum absolute atomic E-state index is 13.4. The van der Waals surface area contributed by atoms with Crippen LogP contribution in [0.15, 0.2) is 41.2 Å². The number of phenols is 1. The number of hydrogen-bond donors (Lipinski definition) is 7. The molecule has 1 spiro atoms. The van der Waals surface area contributed by atoms with Crippen molar-refractivity contribution in [3.8, 4) is 11.5 Å². The lowest BCUT2D eigenvalue weighted by molar-refractivity contribution is -0.196. The number of nitrogens with zero attached hydrogens (tertiary/aromatic N) is 2. The average Bonchev–Trinajstić information content (AvgIpc) is 3.66. The van der Waals surface area contributed by atoms with Crippen LogP contribution in [0.3, 0.4) is 0 Å². The van der Waals surface area contributed by atoms with Gasteiger partial charge in [0.2, 0.25) is 0 Å². The van der Waals surface area contributed by atoms with E-state index < -0.39 is 41.3 Å². The summed E-state index contributed by atoms with van der Waals surface area (Å²) in [6, 6.07) is 11.1. The molecule has 7 atom stereocenters. The number of likely N-dealkylation sites (tertiary alicyclic amines) is 1. The Bertz CT molecular complexity index is 1700. The van der Waals surface area contributed by atoms with Crippen LogP contribution in [0.2, 0.25) is 0 Å². The minimum atomic E-state index is -2.27. The number of carbonyl (C=O) groups is 2. The van der Waals surface area contributed by atoms with Crippen LogP contribution in [0.25, 0.3) is 10.9 Å². The molecular formula is C31H35N3O10. The quantitative estimate of drug-likeness (QED) is 0.207. The molecule has 1 saturated heterocycles. The summed E-state index contributed by atoms with van der Waals surface area (Å²) in [6.45, 7) is 1.96. The highest BCUT2D eigenvalue weighted by atomic mass is 16.5. The summed E-state index contributed by atoms with van der Waals surface area (Å²) >= 11 is 0. The lowest BCUT2D eigenvalue weighted by Gasteiger charge is -2.64. The molecule has 3 aliphatic carbocycles. The number of rotatable bonds is 6. The molecule has 3 fully saturated rings. The van der Waals surface area contributed by atoms with Gasteiger partial charge < -0.3 is 35.4 Å². The molecule has 0 amide bonds. The van der Waals surface area contributed by atoms with Crippen molar-refractivity contribution in [1.29, 1.82) is 0 Å². The SMILES string of the molecule is O=C(O)C(O)C(O)C(=O)O.O=c1c2ccccc2[nH]n1[C@@H]1CCC2(O)[C@H]3Cc4ccc(O)c5c4[C@@]2(CCN3CC2CC2)[C@H]1O5. The number of fused-ring (bicyclic) bond motifs is 1. The number of aromatic nitrogens is 2. The summed E-state index contributed by atoms with van der Waals surface area (Å²) in [5.41, 5.74) is 1.36. The van der Waals surface area contributed by atoms with E-state index in [1.165, 1.54) is 18.4 Å². The van der Waals surface area contributed by atoms with Gasteiger partial charge in [0.05, 0.1) is 28.0 Å². The van der Waals surface area contributed by atoms with Gasteiger partial charge in [-0.05, 0) is 74.8 Å². The molecule has 2 aliphatic heterocycles. The van der Waals surface area contributed by atoms with Gasteiger partial charge in [-0.1, -0.05) is 18.2 Å². The van der Waals surface area contributed by atoms with Gasteiger partial charge in [-0.2, -0.15) is 0 Å². The summed E-state index contributed by atoms with van der Waals surface area (Å²) in [5, 5.41) is 59.9. The van der Waals surface area contributed by atoms with Crippen molar-refractivity contribution in [3.63, 3.8) is 0 Å². The number of piperidine rings is 1. The first kappa shape index (κ1) is 28.8. The second-order valence-electron chi connectivity index (χ2n) is 12.8. The molecule has 7 N–H and O–H groups in total. The fourth-order valence-electron chi connectivity index (χ4n) is 8.30. The molecule has 2 aromatic carbocycles. The molecule has 2 bridgehead atoms. The Kier molecular flexibility index (Phi) is 6.59. The van der Waals surface area contributed by atoms with Crippen LogP contribution in [0, 0.1) is 5.92 Å². The molecule has 5 aliphatic rings. The second-order valence-corrected chi connectivity index (χ2v) is 12.8. The van der Waals surface area contributed by atoms with Gasteiger partial charge in [-0.15, -0.1) is 0 Å². The van der Waals surface area contributed by atoms with Crippen molar-refractivity contribution in [2.24, 2.45) is 5.92 Å². The van der Waals surface area contributed by atoms with Gasteiger partial charge in [0.1, 0.15) is 6.10 Å². The minimum Gasteiger partial charge on any atom is -0.504 e. The first-order valence-electron chi connectivity index (χ1n) is 15.0. The average molecular weight is 610 g/mol. The number of para-hydroxylation sites is 1. The number of nitrogens with one attached hydrogen (secondary N) is 1.